The van der Waals surface area contributed by atoms with Crippen LogP contribution in [0.1, 0.15) is 25.3 Å². The molecule has 0 fully saturated rings. The molecule has 0 radical (unpaired) electrons. The summed E-state index contributed by atoms with van der Waals surface area (Å²) in [4.78, 5) is 14.2. The van der Waals surface area contributed by atoms with Gasteiger partial charge in [-0.15, -0.1) is 0 Å². The molecule has 2 rings (SSSR count). The van der Waals surface area contributed by atoms with Crippen LogP contribution in [0.2, 0.25) is 10.0 Å². The average Bonchev–Trinajstić information content (AvgIpc) is 2.54. The van der Waals surface area contributed by atoms with Crippen LogP contribution in [-0.2, 0) is 4.79 Å². The van der Waals surface area contributed by atoms with E-state index >= 15 is 0 Å². The van der Waals surface area contributed by atoms with Crippen LogP contribution in [0.5, 0.6) is 5.75 Å². The van der Waals surface area contributed by atoms with E-state index in [0.29, 0.717) is 41.8 Å². The Labute approximate surface area is 153 Å². The van der Waals surface area contributed by atoms with Crippen molar-refractivity contribution < 1.29 is 9.53 Å². The summed E-state index contributed by atoms with van der Waals surface area (Å²) in [6.45, 7) is 5.07. The number of halogens is 2. The predicted molar refractivity (Wildman–Crippen MR) is 100 cm³/mol. The van der Waals surface area contributed by atoms with Gasteiger partial charge in [0.25, 0.3) is 0 Å². The second kappa shape index (κ2) is 8.95. The van der Waals surface area contributed by atoms with Crippen molar-refractivity contribution in [3.05, 3.63) is 58.1 Å². The van der Waals surface area contributed by atoms with E-state index in [2.05, 4.69) is 0 Å². The molecule has 0 saturated carbocycles. The molecule has 5 heteroatoms. The minimum absolute atomic E-state index is 0.0916. The van der Waals surface area contributed by atoms with Gasteiger partial charge in [-0.05, 0) is 56.2 Å². The van der Waals surface area contributed by atoms with Gasteiger partial charge in [-0.1, -0.05) is 35.3 Å². The Morgan fingerprint density at radius 3 is 2.62 bits per heavy atom. The molecule has 1 amide bonds. The number of carbonyl (C=O) groups excluding carboxylic acids is 1. The number of amides is 1. The molecule has 2 aromatic rings. The van der Waals surface area contributed by atoms with Gasteiger partial charge >= 0.3 is 0 Å². The summed E-state index contributed by atoms with van der Waals surface area (Å²) in [6, 6.07) is 13.1. The molecule has 0 heterocycles. The van der Waals surface area contributed by atoms with E-state index in [1.165, 1.54) is 0 Å². The van der Waals surface area contributed by atoms with Crippen molar-refractivity contribution in [1.29, 1.82) is 0 Å². The predicted octanol–water partition coefficient (Wildman–Crippen LogP) is 5.51. The smallest absolute Gasteiger partial charge is 0.227 e. The Morgan fingerprint density at radius 2 is 1.96 bits per heavy atom. The summed E-state index contributed by atoms with van der Waals surface area (Å²) in [7, 11) is 0. The first-order valence-corrected chi connectivity index (χ1v) is 8.71. The summed E-state index contributed by atoms with van der Waals surface area (Å²) in [6.07, 6.45) is 1.05. The number of rotatable bonds is 7. The number of carbonyl (C=O) groups is 1. The van der Waals surface area contributed by atoms with E-state index in [4.69, 9.17) is 27.9 Å². The Hall–Kier alpha value is -1.71. The van der Waals surface area contributed by atoms with Crippen LogP contribution in [0.15, 0.2) is 42.5 Å². The number of ether oxygens (including phenoxy) is 1. The minimum atomic E-state index is 0.0916. The maximum absolute atomic E-state index is 12.4. The molecule has 2 aromatic carbocycles. The highest BCUT2D eigenvalue weighted by Crippen LogP contribution is 2.27. The number of aryl methyl sites for hydroxylation is 1. The van der Waals surface area contributed by atoms with Crippen molar-refractivity contribution >= 4 is 34.8 Å². The number of benzene rings is 2. The lowest BCUT2D eigenvalue weighted by atomic mass is 10.2. The van der Waals surface area contributed by atoms with Gasteiger partial charge in [0.15, 0.2) is 0 Å². The zero-order valence-electron chi connectivity index (χ0n) is 13.9. The number of hydrogen-bond acceptors (Lipinski definition) is 2. The molecule has 0 atom stereocenters. The summed E-state index contributed by atoms with van der Waals surface area (Å²) >= 11 is 11.9. The third-order valence-electron chi connectivity index (χ3n) is 3.62. The van der Waals surface area contributed by atoms with Gasteiger partial charge in [0.1, 0.15) is 5.75 Å². The van der Waals surface area contributed by atoms with Crippen molar-refractivity contribution in [2.24, 2.45) is 0 Å². The summed E-state index contributed by atoms with van der Waals surface area (Å²) in [5, 5.41) is 1.04. The quantitative estimate of drug-likeness (QED) is 0.605. The van der Waals surface area contributed by atoms with E-state index in [1.54, 1.807) is 23.1 Å². The summed E-state index contributed by atoms with van der Waals surface area (Å²) in [5.41, 5.74) is 2.07. The first-order chi connectivity index (χ1) is 11.5. The maximum atomic E-state index is 12.4. The van der Waals surface area contributed by atoms with Gasteiger partial charge in [-0.25, -0.2) is 0 Å². The maximum Gasteiger partial charge on any atom is 0.227 e. The third kappa shape index (κ3) is 5.15. The molecule has 0 saturated heterocycles. The van der Waals surface area contributed by atoms with Gasteiger partial charge in [-0.2, -0.15) is 0 Å². The lowest BCUT2D eigenvalue weighted by molar-refractivity contribution is -0.118. The van der Waals surface area contributed by atoms with Crippen LogP contribution in [0, 0.1) is 6.92 Å². The molecule has 0 spiro atoms. The van der Waals surface area contributed by atoms with E-state index in [-0.39, 0.29) is 5.91 Å². The van der Waals surface area contributed by atoms with Crippen molar-refractivity contribution in [2.75, 3.05) is 18.1 Å². The van der Waals surface area contributed by atoms with E-state index < -0.39 is 0 Å². The lowest BCUT2D eigenvalue weighted by Gasteiger charge is -2.21. The Bertz CT molecular complexity index is 704. The Balaban J connectivity index is 1.85. The highest BCUT2D eigenvalue weighted by Gasteiger charge is 2.13. The third-order valence-corrected chi connectivity index (χ3v) is 4.15. The normalized spacial score (nSPS) is 10.5. The minimum Gasteiger partial charge on any atom is -0.492 e. The molecule has 0 aliphatic rings. The van der Waals surface area contributed by atoms with Gasteiger partial charge in [0, 0.05) is 23.7 Å². The molecular formula is C19H21Cl2NO2. The fourth-order valence-corrected chi connectivity index (χ4v) is 2.89. The zero-order chi connectivity index (χ0) is 17.5. The molecule has 0 bridgehead atoms. The molecule has 24 heavy (non-hydrogen) atoms. The van der Waals surface area contributed by atoms with Crippen molar-refractivity contribution in [2.45, 2.75) is 26.7 Å². The largest absolute Gasteiger partial charge is 0.492 e. The second-order valence-corrected chi connectivity index (χ2v) is 6.35. The Kier molecular flexibility index (Phi) is 6.95. The van der Waals surface area contributed by atoms with Crippen LogP contribution < -0.4 is 9.64 Å². The zero-order valence-corrected chi connectivity index (χ0v) is 15.4. The molecular weight excluding hydrogens is 345 g/mol. The van der Waals surface area contributed by atoms with Crippen LogP contribution in [0.3, 0.4) is 0 Å². The van der Waals surface area contributed by atoms with Crippen molar-refractivity contribution in [1.82, 2.24) is 0 Å². The lowest BCUT2D eigenvalue weighted by Crippen LogP contribution is -2.30. The van der Waals surface area contributed by atoms with Crippen LogP contribution in [-0.4, -0.2) is 19.1 Å². The van der Waals surface area contributed by atoms with Crippen LogP contribution >= 0.6 is 23.2 Å². The Morgan fingerprint density at radius 1 is 1.17 bits per heavy atom. The van der Waals surface area contributed by atoms with Crippen LogP contribution in [0.25, 0.3) is 0 Å². The van der Waals surface area contributed by atoms with E-state index in [9.17, 15) is 4.79 Å². The molecule has 128 valence electrons. The second-order valence-electron chi connectivity index (χ2n) is 5.50. The molecule has 0 aromatic heterocycles. The van der Waals surface area contributed by atoms with Gasteiger partial charge in [0.05, 0.1) is 11.6 Å². The highest BCUT2D eigenvalue weighted by atomic mass is 35.5. The van der Waals surface area contributed by atoms with Gasteiger partial charge in [0.2, 0.25) is 5.91 Å². The molecule has 3 nitrogen and oxygen atoms in total. The number of nitrogens with zero attached hydrogens (tertiary/aromatic N) is 1. The van der Waals surface area contributed by atoms with E-state index in [1.807, 2.05) is 38.1 Å². The summed E-state index contributed by atoms with van der Waals surface area (Å²) in [5.74, 6) is 0.674. The topological polar surface area (TPSA) is 29.5 Å². The molecule has 0 unspecified atom stereocenters. The van der Waals surface area contributed by atoms with Crippen LogP contribution in [0.4, 0.5) is 5.69 Å². The highest BCUT2D eigenvalue weighted by molar-refractivity contribution is 6.35. The monoisotopic (exact) mass is 365 g/mol. The first-order valence-electron chi connectivity index (χ1n) is 7.96. The van der Waals surface area contributed by atoms with Gasteiger partial charge < -0.3 is 9.64 Å². The fourth-order valence-electron chi connectivity index (χ4n) is 2.43. The van der Waals surface area contributed by atoms with Crippen molar-refractivity contribution in [3.8, 4) is 5.75 Å². The molecule has 0 N–H and O–H groups in total. The fraction of sp³-hybridized carbons (Fsp3) is 0.316. The van der Waals surface area contributed by atoms with E-state index in [0.717, 1.165) is 11.3 Å². The molecule has 0 aliphatic carbocycles. The van der Waals surface area contributed by atoms with Crippen molar-refractivity contribution in [3.63, 3.8) is 0 Å². The first kappa shape index (κ1) is 18.6. The number of hydrogen-bond donors (Lipinski definition) is 0. The summed E-state index contributed by atoms with van der Waals surface area (Å²) < 4.78 is 5.62. The SMILES string of the molecule is CCN(C(=O)CCCOc1ccc(Cl)cc1Cl)c1cccc(C)c1. The molecule has 0 aliphatic heterocycles. The van der Waals surface area contributed by atoms with Gasteiger partial charge in [-0.3, -0.25) is 4.79 Å². The number of anilines is 1. The average molecular weight is 366 g/mol. The standard InChI is InChI=1S/C19H21Cl2NO2/c1-3-22(16-7-4-6-14(2)12-16)19(23)8-5-11-24-18-10-9-15(20)13-17(18)21/h4,6-7,9-10,12-13H,3,5,8,11H2,1-2H3.